The molecule has 1 atom stereocenters. The molecule has 138 valence electrons. The van der Waals surface area contributed by atoms with Crippen LogP contribution in [-0.2, 0) is 4.79 Å². The first kappa shape index (κ1) is 18.5. The van der Waals surface area contributed by atoms with E-state index < -0.39 is 23.7 Å². The second kappa shape index (κ2) is 7.14. The summed E-state index contributed by atoms with van der Waals surface area (Å²) in [5, 5.41) is 4.51. The molecule has 3 rings (SSSR count). The Hall–Kier alpha value is -2.29. The highest BCUT2D eigenvalue weighted by Gasteiger charge is 2.52. The number of amides is 1. The molecule has 0 spiro atoms. The van der Waals surface area contributed by atoms with Crippen molar-refractivity contribution >= 4 is 44.0 Å². The second-order valence-corrected chi connectivity index (χ2v) is 6.77. The molecule has 26 heavy (non-hydrogen) atoms. The molecule has 0 saturated carbocycles. The lowest BCUT2D eigenvalue weighted by atomic mass is 9.95. The van der Waals surface area contributed by atoms with Gasteiger partial charge in [0.2, 0.25) is 5.13 Å². The maximum absolute atomic E-state index is 13.5. The molecule has 0 radical (unpaired) electrons. The largest absolute Gasteiger partial charge is 0.432 e. The van der Waals surface area contributed by atoms with Crippen LogP contribution in [0.4, 0.5) is 18.3 Å². The molecule has 9 heteroatoms. The minimum absolute atomic E-state index is 0.131. The average Bonchev–Trinajstić information content (AvgIpc) is 3.16. The summed E-state index contributed by atoms with van der Waals surface area (Å²) in [5.41, 5.74) is -0.308. The third kappa shape index (κ3) is 3.35. The summed E-state index contributed by atoms with van der Waals surface area (Å²) in [6.45, 7) is 3.94. The zero-order valence-electron chi connectivity index (χ0n) is 14.2. The SMILES string of the molecule is CCCN=C(CC)C1C(=O)N(c2nc3ccccc3s2)N=C1C(F)(F)F. The number of carbonyl (C=O) groups excluding carboxylic acids is 1. The molecule has 2 heterocycles. The van der Waals surface area contributed by atoms with E-state index in [1.54, 1.807) is 31.2 Å². The van der Waals surface area contributed by atoms with Crippen LogP contribution in [0.2, 0.25) is 0 Å². The van der Waals surface area contributed by atoms with Crippen molar-refractivity contribution in [1.29, 1.82) is 0 Å². The molecule has 0 bridgehead atoms. The number of carbonyl (C=O) groups is 1. The van der Waals surface area contributed by atoms with E-state index >= 15 is 0 Å². The Morgan fingerprint density at radius 2 is 2.04 bits per heavy atom. The van der Waals surface area contributed by atoms with Crippen LogP contribution in [0, 0.1) is 5.92 Å². The van der Waals surface area contributed by atoms with Crippen LogP contribution in [-0.4, -0.2) is 35.0 Å². The van der Waals surface area contributed by atoms with Crippen molar-refractivity contribution < 1.29 is 18.0 Å². The lowest BCUT2D eigenvalue weighted by Crippen LogP contribution is -2.38. The summed E-state index contributed by atoms with van der Waals surface area (Å²) < 4.78 is 41.3. The minimum atomic E-state index is -4.71. The van der Waals surface area contributed by atoms with Crippen molar-refractivity contribution in [3.8, 4) is 0 Å². The van der Waals surface area contributed by atoms with E-state index in [1.807, 2.05) is 6.92 Å². The number of halogens is 3. The van der Waals surface area contributed by atoms with Gasteiger partial charge in [0.05, 0.1) is 10.2 Å². The first-order chi connectivity index (χ1) is 12.4. The number of hydrogen-bond donors (Lipinski definition) is 0. The van der Waals surface area contributed by atoms with Crippen LogP contribution < -0.4 is 5.01 Å². The summed E-state index contributed by atoms with van der Waals surface area (Å²) >= 11 is 1.13. The van der Waals surface area contributed by atoms with Crippen LogP contribution >= 0.6 is 11.3 Å². The normalized spacial score (nSPS) is 18.7. The van der Waals surface area contributed by atoms with Gasteiger partial charge in [0.1, 0.15) is 5.92 Å². The molecule has 1 aromatic heterocycles. The summed E-state index contributed by atoms with van der Waals surface area (Å²) in [7, 11) is 0. The van der Waals surface area contributed by atoms with E-state index in [2.05, 4.69) is 15.1 Å². The van der Waals surface area contributed by atoms with Gasteiger partial charge in [-0.3, -0.25) is 9.79 Å². The Bertz CT molecular complexity index is 855. The van der Waals surface area contributed by atoms with Gasteiger partial charge < -0.3 is 0 Å². The fourth-order valence-electron chi connectivity index (χ4n) is 2.73. The Kier molecular flexibility index (Phi) is 5.08. The molecular formula is C17H17F3N4OS. The quantitative estimate of drug-likeness (QED) is 0.718. The maximum atomic E-state index is 13.5. The van der Waals surface area contributed by atoms with E-state index in [9.17, 15) is 18.0 Å². The third-order valence-electron chi connectivity index (χ3n) is 3.93. The van der Waals surface area contributed by atoms with Gasteiger partial charge in [-0.2, -0.15) is 23.3 Å². The van der Waals surface area contributed by atoms with Crippen LogP contribution in [0.15, 0.2) is 34.4 Å². The van der Waals surface area contributed by atoms with Crippen LogP contribution in [0.3, 0.4) is 0 Å². The smallest absolute Gasteiger partial charge is 0.293 e. The van der Waals surface area contributed by atoms with Crippen molar-refractivity contribution in [1.82, 2.24) is 4.98 Å². The van der Waals surface area contributed by atoms with Gasteiger partial charge in [0.25, 0.3) is 5.91 Å². The second-order valence-electron chi connectivity index (χ2n) is 5.76. The number of benzene rings is 1. The number of hydrogen-bond acceptors (Lipinski definition) is 5. The Labute approximate surface area is 152 Å². The zero-order chi connectivity index (χ0) is 18.9. The monoisotopic (exact) mass is 382 g/mol. The van der Waals surface area contributed by atoms with E-state index in [0.29, 0.717) is 18.5 Å². The molecule has 1 amide bonds. The fourth-order valence-corrected chi connectivity index (χ4v) is 3.65. The van der Waals surface area contributed by atoms with Gasteiger partial charge in [0, 0.05) is 12.3 Å². The van der Waals surface area contributed by atoms with Crippen molar-refractivity contribution in [2.45, 2.75) is 32.9 Å². The molecule has 1 aliphatic heterocycles. The number of rotatable bonds is 5. The Balaban J connectivity index is 2.05. The van der Waals surface area contributed by atoms with Crippen LogP contribution in [0.1, 0.15) is 26.7 Å². The van der Waals surface area contributed by atoms with E-state index in [4.69, 9.17) is 0 Å². The van der Waals surface area contributed by atoms with E-state index in [-0.39, 0.29) is 17.3 Å². The van der Waals surface area contributed by atoms with E-state index in [0.717, 1.165) is 21.0 Å². The van der Waals surface area contributed by atoms with Gasteiger partial charge in [-0.05, 0) is 25.0 Å². The summed E-state index contributed by atoms with van der Waals surface area (Å²) in [6.07, 6.45) is -3.78. The molecule has 1 aliphatic rings. The molecular weight excluding hydrogens is 365 g/mol. The molecule has 1 unspecified atom stereocenters. The number of nitrogens with zero attached hydrogens (tertiary/aromatic N) is 4. The molecule has 5 nitrogen and oxygen atoms in total. The average molecular weight is 382 g/mol. The van der Waals surface area contributed by atoms with Gasteiger partial charge in [0.15, 0.2) is 5.71 Å². The summed E-state index contributed by atoms with van der Waals surface area (Å²) in [6, 6.07) is 7.11. The molecule has 0 saturated heterocycles. The zero-order valence-corrected chi connectivity index (χ0v) is 15.1. The Morgan fingerprint density at radius 1 is 1.31 bits per heavy atom. The lowest BCUT2D eigenvalue weighted by Gasteiger charge is -2.15. The fraction of sp³-hybridized carbons (Fsp3) is 0.412. The van der Waals surface area contributed by atoms with Crippen molar-refractivity contribution in [3.63, 3.8) is 0 Å². The molecule has 0 fully saturated rings. The van der Waals surface area contributed by atoms with Gasteiger partial charge in [-0.15, -0.1) is 0 Å². The Morgan fingerprint density at radius 3 is 2.65 bits per heavy atom. The number of aromatic nitrogens is 1. The first-order valence-corrected chi connectivity index (χ1v) is 9.06. The number of thiazole rings is 1. The van der Waals surface area contributed by atoms with Gasteiger partial charge in [-0.1, -0.05) is 37.3 Å². The maximum Gasteiger partial charge on any atom is 0.432 e. The molecule has 1 aromatic carbocycles. The van der Waals surface area contributed by atoms with Gasteiger partial charge in [-0.25, -0.2) is 4.98 Å². The van der Waals surface area contributed by atoms with Gasteiger partial charge >= 0.3 is 6.18 Å². The third-order valence-corrected chi connectivity index (χ3v) is 4.94. The highest BCUT2D eigenvalue weighted by Crippen LogP contribution is 2.36. The van der Waals surface area contributed by atoms with Crippen molar-refractivity contribution in [3.05, 3.63) is 24.3 Å². The number of para-hydroxylation sites is 1. The number of alkyl halides is 3. The molecule has 2 aromatic rings. The summed E-state index contributed by atoms with van der Waals surface area (Å²) in [5.74, 6) is -2.26. The number of anilines is 1. The number of aliphatic imine (C=N–C) groups is 1. The predicted molar refractivity (Wildman–Crippen MR) is 97.0 cm³/mol. The molecule has 0 N–H and O–H groups in total. The number of hydrazone groups is 1. The number of fused-ring (bicyclic) bond motifs is 1. The van der Waals surface area contributed by atoms with Crippen molar-refractivity contribution in [2.24, 2.45) is 16.0 Å². The standard InChI is InChI=1S/C17H17F3N4OS/c1-3-9-21-10(4-2)13-14(17(18,19)20)23-24(15(13)25)16-22-11-7-5-6-8-12(11)26-16/h5-8,13H,3-4,9H2,1-2H3. The lowest BCUT2D eigenvalue weighted by molar-refractivity contribution is -0.119. The van der Waals surface area contributed by atoms with E-state index in [1.165, 1.54) is 0 Å². The van der Waals surface area contributed by atoms with Crippen molar-refractivity contribution in [2.75, 3.05) is 11.6 Å². The highest BCUT2D eigenvalue weighted by molar-refractivity contribution is 7.22. The summed E-state index contributed by atoms with van der Waals surface area (Å²) in [4.78, 5) is 21.3. The topological polar surface area (TPSA) is 57.9 Å². The first-order valence-electron chi connectivity index (χ1n) is 8.25. The highest BCUT2D eigenvalue weighted by atomic mass is 32.1. The van der Waals surface area contributed by atoms with Crippen LogP contribution in [0.25, 0.3) is 10.2 Å². The molecule has 0 aliphatic carbocycles. The predicted octanol–water partition coefficient (Wildman–Crippen LogP) is 4.44. The minimum Gasteiger partial charge on any atom is -0.293 e. The van der Waals surface area contributed by atoms with Crippen LogP contribution in [0.5, 0.6) is 0 Å².